The van der Waals surface area contributed by atoms with Gasteiger partial charge in [0.05, 0.1) is 7.11 Å². The summed E-state index contributed by atoms with van der Waals surface area (Å²) in [6.45, 7) is 3.07. The Hall–Kier alpha value is -2.42. The second kappa shape index (κ2) is 5.70. The minimum Gasteiger partial charge on any atom is -0.497 e. The van der Waals surface area contributed by atoms with Crippen molar-refractivity contribution in [3.8, 4) is 16.9 Å². The average Bonchev–Trinajstić information content (AvgIpc) is 2.46. The minimum absolute atomic E-state index is 0.00158. The van der Waals surface area contributed by atoms with Crippen LogP contribution in [0, 0.1) is 0 Å². The molecule has 0 heterocycles. The summed E-state index contributed by atoms with van der Waals surface area (Å²) >= 11 is 0. The first-order valence-corrected chi connectivity index (χ1v) is 6.33. The monoisotopic (exact) mass is 268 g/mol. The Balaban J connectivity index is 2.54. The van der Waals surface area contributed by atoms with Gasteiger partial charge < -0.3 is 4.74 Å². The molecule has 2 aromatic carbocycles. The molecule has 2 rings (SSSR count). The quantitative estimate of drug-likeness (QED) is 0.793. The van der Waals surface area contributed by atoms with Gasteiger partial charge in [0.25, 0.3) is 0 Å². The summed E-state index contributed by atoms with van der Waals surface area (Å²) in [6, 6.07) is 12.6. The van der Waals surface area contributed by atoms with Crippen molar-refractivity contribution < 1.29 is 14.3 Å². The highest BCUT2D eigenvalue weighted by atomic mass is 16.5. The molecule has 0 radical (unpaired) electrons. The Labute approximate surface area is 118 Å². The lowest BCUT2D eigenvalue weighted by molar-refractivity contribution is 0.100. The number of Topliss-reactive ketones (excluding diaryl/α,β-unsaturated/α-hetero) is 2. The van der Waals surface area contributed by atoms with Gasteiger partial charge in [-0.15, -0.1) is 0 Å². The summed E-state index contributed by atoms with van der Waals surface area (Å²) in [6.07, 6.45) is 0. The predicted molar refractivity (Wildman–Crippen MR) is 78.4 cm³/mol. The van der Waals surface area contributed by atoms with Gasteiger partial charge in [0.2, 0.25) is 0 Å². The van der Waals surface area contributed by atoms with Crippen molar-refractivity contribution in [2.45, 2.75) is 13.8 Å². The summed E-state index contributed by atoms with van der Waals surface area (Å²) in [5, 5.41) is 0. The maximum atomic E-state index is 11.7. The second-order valence-corrected chi connectivity index (χ2v) is 4.60. The molecular formula is C17H16O3. The van der Waals surface area contributed by atoms with Crippen molar-refractivity contribution in [1.82, 2.24) is 0 Å². The van der Waals surface area contributed by atoms with Gasteiger partial charge in [-0.3, -0.25) is 9.59 Å². The molecule has 0 amide bonds. The molecule has 0 saturated heterocycles. The van der Waals surface area contributed by atoms with Crippen LogP contribution in [0.25, 0.3) is 11.1 Å². The van der Waals surface area contributed by atoms with Crippen LogP contribution in [0.2, 0.25) is 0 Å². The molecule has 0 spiro atoms. The van der Waals surface area contributed by atoms with E-state index in [1.807, 2.05) is 18.2 Å². The van der Waals surface area contributed by atoms with Crippen molar-refractivity contribution in [1.29, 1.82) is 0 Å². The highest BCUT2D eigenvalue weighted by Crippen LogP contribution is 2.28. The van der Waals surface area contributed by atoms with E-state index < -0.39 is 0 Å². The predicted octanol–water partition coefficient (Wildman–Crippen LogP) is 3.77. The molecule has 3 heteroatoms. The number of ether oxygens (including phenoxy) is 1. The fraction of sp³-hybridized carbons (Fsp3) is 0.176. The molecular weight excluding hydrogens is 252 g/mol. The van der Waals surface area contributed by atoms with Gasteiger partial charge in [0.1, 0.15) is 5.75 Å². The van der Waals surface area contributed by atoms with Crippen LogP contribution in [0.1, 0.15) is 34.6 Å². The molecule has 102 valence electrons. The van der Waals surface area contributed by atoms with Crippen molar-refractivity contribution in [3.05, 3.63) is 53.6 Å². The number of benzene rings is 2. The van der Waals surface area contributed by atoms with E-state index in [-0.39, 0.29) is 11.6 Å². The Morgan fingerprint density at radius 3 is 2.05 bits per heavy atom. The van der Waals surface area contributed by atoms with Gasteiger partial charge in [-0.2, -0.15) is 0 Å². The first kappa shape index (κ1) is 14.0. The molecule has 0 aliphatic heterocycles. The van der Waals surface area contributed by atoms with E-state index in [0.717, 1.165) is 11.1 Å². The number of methoxy groups -OCH3 is 1. The lowest BCUT2D eigenvalue weighted by Crippen LogP contribution is -1.98. The van der Waals surface area contributed by atoms with Crippen LogP contribution in [-0.2, 0) is 0 Å². The molecule has 0 unspecified atom stereocenters. The lowest BCUT2D eigenvalue weighted by atomic mass is 9.96. The zero-order chi connectivity index (χ0) is 14.7. The van der Waals surface area contributed by atoms with Crippen molar-refractivity contribution in [2.24, 2.45) is 0 Å². The maximum absolute atomic E-state index is 11.7. The van der Waals surface area contributed by atoms with Crippen LogP contribution < -0.4 is 4.74 Å². The van der Waals surface area contributed by atoms with Gasteiger partial charge in [0, 0.05) is 11.1 Å². The SMILES string of the molecule is COc1ccc(C(C)=O)c(-c2ccc(C(C)=O)cc2)c1. The average molecular weight is 268 g/mol. The van der Waals surface area contributed by atoms with Gasteiger partial charge in [-0.1, -0.05) is 24.3 Å². The van der Waals surface area contributed by atoms with E-state index in [0.29, 0.717) is 16.9 Å². The highest BCUT2D eigenvalue weighted by Gasteiger charge is 2.11. The third-order valence-corrected chi connectivity index (χ3v) is 3.21. The van der Waals surface area contributed by atoms with Crippen LogP contribution in [0.5, 0.6) is 5.75 Å². The molecule has 20 heavy (non-hydrogen) atoms. The normalized spacial score (nSPS) is 10.2. The minimum atomic E-state index is -0.00158. The largest absolute Gasteiger partial charge is 0.497 e. The Kier molecular flexibility index (Phi) is 3.99. The molecule has 0 aliphatic carbocycles. The third kappa shape index (κ3) is 2.77. The summed E-state index contributed by atoms with van der Waals surface area (Å²) in [7, 11) is 1.59. The summed E-state index contributed by atoms with van der Waals surface area (Å²) < 4.78 is 5.21. The molecule has 0 saturated carbocycles. The lowest BCUT2D eigenvalue weighted by Gasteiger charge is -2.10. The summed E-state index contributed by atoms with van der Waals surface area (Å²) in [5.41, 5.74) is 2.99. The van der Waals surface area contributed by atoms with Crippen molar-refractivity contribution in [3.63, 3.8) is 0 Å². The van der Waals surface area contributed by atoms with Crippen LogP contribution in [-0.4, -0.2) is 18.7 Å². The molecule has 0 atom stereocenters. The smallest absolute Gasteiger partial charge is 0.160 e. The second-order valence-electron chi connectivity index (χ2n) is 4.60. The molecule has 0 fully saturated rings. The highest BCUT2D eigenvalue weighted by molar-refractivity contribution is 6.01. The summed E-state index contributed by atoms with van der Waals surface area (Å²) in [4.78, 5) is 23.0. The zero-order valence-electron chi connectivity index (χ0n) is 11.8. The zero-order valence-corrected chi connectivity index (χ0v) is 11.8. The standard InChI is InChI=1S/C17H16O3/c1-11(18)13-4-6-14(7-5-13)17-10-15(20-3)8-9-16(17)12(2)19/h4-10H,1-3H3. The van der Waals surface area contributed by atoms with Gasteiger partial charge in [0.15, 0.2) is 11.6 Å². The van der Waals surface area contributed by atoms with E-state index in [2.05, 4.69) is 0 Å². The van der Waals surface area contributed by atoms with Crippen LogP contribution in [0.3, 0.4) is 0 Å². The first-order valence-electron chi connectivity index (χ1n) is 6.33. The molecule has 3 nitrogen and oxygen atoms in total. The number of rotatable bonds is 4. The van der Waals surface area contributed by atoms with E-state index in [1.54, 1.807) is 31.4 Å². The van der Waals surface area contributed by atoms with Gasteiger partial charge in [-0.05, 0) is 43.2 Å². The van der Waals surface area contributed by atoms with E-state index >= 15 is 0 Å². The Morgan fingerprint density at radius 1 is 0.900 bits per heavy atom. The molecule has 0 aliphatic rings. The summed E-state index contributed by atoms with van der Waals surface area (Å²) in [5.74, 6) is 0.716. The number of carbonyl (C=O) groups is 2. The Morgan fingerprint density at radius 2 is 1.55 bits per heavy atom. The maximum Gasteiger partial charge on any atom is 0.160 e. The molecule has 0 aromatic heterocycles. The number of hydrogen-bond acceptors (Lipinski definition) is 3. The van der Waals surface area contributed by atoms with E-state index in [4.69, 9.17) is 4.74 Å². The fourth-order valence-electron chi connectivity index (χ4n) is 2.08. The third-order valence-electron chi connectivity index (χ3n) is 3.21. The van der Waals surface area contributed by atoms with Gasteiger partial charge in [-0.25, -0.2) is 0 Å². The topological polar surface area (TPSA) is 43.4 Å². The Bertz CT molecular complexity index is 654. The number of carbonyl (C=O) groups excluding carboxylic acids is 2. The van der Waals surface area contributed by atoms with E-state index in [9.17, 15) is 9.59 Å². The van der Waals surface area contributed by atoms with Crippen LogP contribution in [0.15, 0.2) is 42.5 Å². The molecule has 0 bridgehead atoms. The van der Waals surface area contributed by atoms with Crippen molar-refractivity contribution >= 4 is 11.6 Å². The number of ketones is 2. The van der Waals surface area contributed by atoms with Crippen LogP contribution >= 0.6 is 0 Å². The van der Waals surface area contributed by atoms with Crippen molar-refractivity contribution in [2.75, 3.05) is 7.11 Å². The molecule has 0 N–H and O–H groups in total. The van der Waals surface area contributed by atoms with Crippen LogP contribution in [0.4, 0.5) is 0 Å². The fourth-order valence-corrected chi connectivity index (χ4v) is 2.08. The first-order chi connectivity index (χ1) is 9.52. The van der Waals surface area contributed by atoms with Gasteiger partial charge >= 0.3 is 0 Å². The van der Waals surface area contributed by atoms with E-state index in [1.165, 1.54) is 13.8 Å². The molecule has 2 aromatic rings. The number of hydrogen-bond donors (Lipinski definition) is 0.